The highest BCUT2D eigenvalue weighted by atomic mass is 16.7. The minimum Gasteiger partial charge on any atom is -0.368 e. The Labute approximate surface area is 90.5 Å². The Bertz CT molecular complexity index is 218. The van der Waals surface area contributed by atoms with Gasteiger partial charge in [-0.25, -0.2) is 0 Å². The van der Waals surface area contributed by atoms with Crippen molar-refractivity contribution >= 4 is 11.8 Å². The van der Waals surface area contributed by atoms with Crippen LogP contribution in [0.25, 0.3) is 0 Å². The first kappa shape index (κ1) is 12.2. The summed E-state index contributed by atoms with van der Waals surface area (Å²) in [6, 6.07) is 0. The van der Waals surface area contributed by atoms with Crippen molar-refractivity contribution in [2.45, 2.75) is 45.4 Å². The number of unbranched alkanes of at least 4 members (excludes halogenated alkanes) is 2. The van der Waals surface area contributed by atoms with E-state index in [-0.39, 0.29) is 11.8 Å². The fraction of sp³-hybridized carbons (Fsp3) is 0.818. The Kier molecular flexibility index (Phi) is 5.32. The average Bonchev–Trinajstić information content (AvgIpc) is 2.22. The zero-order valence-electron chi connectivity index (χ0n) is 9.33. The van der Waals surface area contributed by atoms with E-state index in [0.29, 0.717) is 32.4 Å². The molecule has 0 aromatic carbocycles. The van der Waals surface area contributed by atoms with Crippen molar-refractivity contribution in [3.63, 3.8) is 0 Å². The van der Waals surface area contributed by atoms with Crippen LogP contribution in [-0.4, -0.2) is 29.9 Å². The molecule has 0 radical (unpaired) electrons. The van der Waals surface area contributed by atoms with Crippen LogP contribution < -0.4 is 0 Å². The Morgan fingerprint density at radius 1 is 1.33 bits per heavy atom. The van der Waals surface area contributed by atoms with E-state index in [2.05, 4.69) is 6.92 Å². The Morgan fingerprint density at radius 3 is 2.60 bits per heavy atom. The van der Waals surface area contributed by atoms with Gasteiger partial charge in [-0.15, -0.1) is 5.06 Å². The van der Waals surface area contributed by atoms with Gasteiger partial charge in [-0.2, -0.15) is 0 Å². The molecule has 15 heavy (non-hydrogen) atoms. The van der Waals surface area contributed by atoms with E-state index in [0.717, 1.165) is 19.3 Å². The first-order chi connectivity index (χ1) is 7.22. The van der Waals surface area contributed by atoms with Crippen LogP contribution in [0.5, 0.6) is 0 Å². The van der Waals surface area contributed by atoms with E-state index in [4.69, 9.17) is 4.84 Å². The molecule has 86 valence electrons. The lowest BCUT2D eigenvalue weighted by Gasteiger charge is -2.24. The van der Waals surface area contributed by atoms with Gasteiger partial charge in [0.05, 0.1) is 0 Å². The van der Waals surface area contributed by atoms with E-state index in [1.54, 1.807) is 5.06 Å². The van der Waals surface area contributed by atoms with Crippen LogP contribution in [0.1, 0.15) is 45.4 Å². The normalized spacial score (nSPS) is 17.8. The van der Waals surface area contributed by atoms with E-state index in [1.165, 1.54) is 0 Å². The summed E-state index contributed by atoms with van der Waals surface area (Å²) in [6.07, 6.45) is 4.55. The van der Waals surface area contributed by atoms with Crippen LogP contribution in [0.4, 0.5) is 0 Å². The van der Waals surface area contributed by atoms with Gasteiger partial charge in [0.25, 0.3) is 0 Å². The van der Waals surface area contributed by atoms with E-state index in [1.807, 2.05) is 0 Å². The maximum Gasteiger partial charge on any atom is 0.325 e. The van der Waals surface area contributed by atoms with Crippen LogP contribution in [0.3, 0.4) is 0 Å². The standard InChI is InChI=1S/C11H19NO3/c1-2-3-4-5-11(14)15-12-8-6-10(13)7-9-12/h2-9H2,1H3. The number of Topliss-reactive ketones (excluding diaryl/α,β-unsaturated/α-hetero) is 1. The summed E-state index contributed by atoms with van der Waals surface area (Å²) in [4.78, 5) is 27.4. The summed E-state index contributed by atoms with van der Waals surface area (Å²) in [5.74, 6) is 0.0890. The molecule has 0 spiro atoms. The number of rotatable bonds is 5. The first-order valence-electron chi connectivity index (χ1n) is 5.70. The summed E-state index contributed by atoms with van der Waals surface area (Å²) in [5, 5.41) is 1.61. The lowest BCUT2D eigenvalue weighted by atomic mass is 10.1. The first-order valence-corrected chi connectivity index (χ1v) is 5.70. The topological polar surface area (TPSA) is 46.6 Å². The van der Waals surface area contributed by atoms with E-state index in [9.17, 15) is 9.59 Å². The number of nitrogens with zero attached hydrogens (tertiary/aromatic N) is 1. The summed E-state index contributed by atoms with van der Waals surface area (Å²) in [7, 11) is 0. The second-order valence-corrected chi connectivity index (χ2v) is 3.89. The van der Waals surface area contributed by atoms with Crippen LogP contribution in [0, 0.1) is 0 Å². The summed E-state index contributed by atoms with van der Waals surface area (Å²) in [5.41, 5.74) is 0. The van der Waals surface area contributed by atoms with Gasteiger partial charge in [-0.1, -0.05) is 19.8 Å². The van der Waals surface area contributed by atoms with Gasteiger partial charge in [0.15, 0.2) is 0 Å². The second kappa shape index (κ2) is 6.56. The second-order valence-electron chi connectivity index (χ2n) is 3.89. The SMILES string of the molecule is CCCCCC(=O)ON1CCC(=O)CC1. The van der Waals surface area contributed by atoms with Gasteiger partial charge < -0.3 is 4.84 Å². The Hall–Kier alpha value is -0.900. The summed E-state index contributed by atoms with van der Waals surface area (Å²) in [6.45, 7) is 3.21. The van der Waals surface area contributed by atoms with Crippen LogP contribution >= 0.6 is 0 Å². The summed E-state index contributed by atoms with van der Waals surface area (Å²) < 4.78 is 0. The number of hydroxylamine groups is 2. The van der Waals surface area contributed by atoms with Crippen molar-refractivity contribution in [1.82, 2.24) is 5.06 Å². The molecule has 4 nitrogen and oxygen atoms in total. The van der Waals surface area contributed by atoms with Crippen molar-refractivity contribution in [2.24, 2.45) is 0 Å². The number of ketones is 1. The molecular weight excluding hydrogens is 194 g/mol. The van der Waals surface area contributed by atoms with E-state index >= 15 is 0 Å². The summed E-state index contributed by atoms with van der Waals surface area (Å²) >= 11 is 0. The highest BCUT2D eigenvalue weighted by Crippen LogP contribution is 2.08. The number of carbonyl (C=O) groups excluding carboxylic acids is 2. The van der Waals surface area contributed by atoms with Gasteiger partial charge in [-0.3, -0.25) is 9.59 Å². The van der Waals surface area contributed by atoms with Gasteiger partial charge in [-0.05, 0) is 6.42 Å². The molecule has 1 heterocycles. The maximum absolute atomic E-state index is 11.3. The fourth-order valence-electron chi connectivity index (χ4n) is 1.54. The number of hydrogen-bond acceptors (Lipinski definition) is 4. The molecule has 0 bridgehead atoms. The molecule has 1 fully saturated rings. The molecule has 0 atom stereocenters. The lowest BCUT2D eigenvalue weighted by molar-refractivity contribution is -0.195. The molecule has 0 saturated carbocycles. The number of piperidine rings is 1. The van der Waals surface area contributed by atoms with Crippen molar-refractivity contribution in [1.29, 1.82) is 0 Å². The third kappa shape index (κ3) is 4.93. The van der Waals surface area contributed by atoms with Gasteiger partial charge >= 0.3 is 5.97 Å². The predicted octanol–water partition coefficient (Wildman–Crippen LogP) is 1.69. The average molecular weight is 213 g/mol. The molecule has 0 aromatic heterocycles. The van der Waals surface area contributed by atoms with E-state index < -0.39 is 0 Å². The van der Waals surface area contributed by atoms with Crippen molar-refractivity contribution in [2.75, 3.05) is 13.1 Å². The Morgan fingerprint density at radius 2 is 2.00 bits per heavy atom. The highest BCUT2D eigenvalue weighted by molar-refractivity contribution is 5.79. The molecule has 1 aliphatic rings. The molecule has 0 amide bonds. The number of hydrogen-bond donors (Lipinski definition) is 0. The third-order valence-corrected chi connectivity index (χ3v) is 2.50. The zero-order chi connectivity index (χ0) is 11.1. The molecule has 1 saturated heterocycles. The molecule has 0 aromatic rings. The highest BCUT2D eigenvalue weighted by Gasteiger charge is 2.19. The molecule has 0 N–H and O–H groups in total. The quantitative estimate of drug-likeness (QED) is 0.652. The monoisotopic (exact) mass is 213 g/mol. The largest absolute Gasteiger partial charge is 0.368 e. The van der Waals surface area contributed by atoms with Crippen LogP contribution in [0.2, 0.25) is 0 Å². The van der Waals surface area contributed by atoms with Crippen LogP contribution in [0.15, 0.2) is 0 Å². The maximum atomic E-state index is 11.3. The molecular formula is C11H19NO3. The van der Waals surface area contributed by atoms with Gasteiger partial charge in [0.2, 0.25) is 0 Å². The molecule has 0 aliphatic carbocycles. The van der Waals surface area contributed by atoms with Crippen LogP contribution in [-0.2, 0) is 14.4 Å². The fourth-order valence-corrected chi connectivity index (χ4v) is 1.54. The Balaban J connectivity index is 2.12. The predicted molar refractivity (Wildman–Crippen MR) is 56.0 cm³/mol. The molecule has 1 aliphatic heterocycles. The van der Waals surface area contributed by atoms with Gasteiger partial charge in [0.1, 0.15) is 5.78 Å². The zero-order valence-corrected chi connectivity index (χ0v) is 9.33. The molecule has 0 unspecified atom stereocenters. The van der Waals surface area contributed by atoms with Gasteiger partial charge in [0, 0.05) is 32.4 Å². The third-order valence-electron chi connectivity index (χ3n) is 2.50. The molecule has 1 rings (SSSR count). The van der Waals surface area contributed by atoms with Crippen molar-refractivity contribution in [3.8, 4) is 0 Å². The molecule has 4 heteroatoms. The smallest absolute Gasteiger partial charge is 0.325 e. The van der Waals surface area contributed by atoms with Crippen molar-refractivity contribution < 1.29 is 14.4 Å². The minimum atomic E-state index is -0.169. The van der Waals surface area contributed by atoms with Crippen molar-refractivity contribution in [3.05, 3.63) is 0 Å². The minimum absolute atomic E-state index is 0.169. The lowest BCUT2D eigenvalue weighted by Crippen LogP contribution is -2.35. The number of carbonyl (C=O) groups is 2.